The standard InChI is InChI=1S/C14H15ClN4O5S2/c1-9-13(25-14(20)16-9)26(23,24)18-6-4-17(5-7-18)12-3-2-10(19(21)22)8-11(12)15/h2-3,8H,4-7H2,1H3,(H,16,20). The number of aromatic amines is 1. The van der Waals surface area contributed by atoms with Gasteiger partial charge in [0.05, 0.1) is 15.6 Å². The minimum absolute atomic E-state index is 0.0318. The quantitative estimate of drug-likeness (QED) is 0.597. The predicted octanol–water partition coefficient (Wildman–Crippen LogP) is 1.82. The van der Waals surface area contributed by atoms with Crippen LogP contribution in [0.1, 0.15) is 5.69 Å². The number of nitro groups is 1. The molecule has 140 valence electrons. The number of halogens is 1. The summed E-state index contributed by atoms with van der Waals surface area (Å²) in [5, 5.41) is 11.0. The van der Waals surface area contributed by atoms with E-state index in [2.05, 4.69) is 4.98 Å². The Balaban J connectivity index is 1.76. The molecule has 1 aliphatic rings. The van der Waals surface area contributed by atoms with E-state index in [4.69, 9.17) is 11.6 Å². The third kappa shape index (κ3) is 3.47. The third-order valence-electron chi connectivity index (χ3n) is 4.08. The van der Waals surface area contributed by atoms with E-state index in [0.717, 1.165) is 0 Å². The number of non-ortho nitro benzene ring substituents is 1. The van der Waals surface area contributed by atoms with Gasteiger partial charge in [0.1, 0.15) is 0 Å². The first-order valence-corrected chi connectivity index (χ1v) is 10.2. The van der Waals surface area contributed by atoms with Crippen molar-refractivity contribution in [2.24, 2.45) is 0 Å². The zero-order chi connectivity index (χ0) is 19.1. The molecule has 0 spiro atoms. The molecule has 0 unspecified atom stereocenters. The molecule has 1 N–H and O–H groups in total. The number of hydrogen-bond acceptors (Lipinski definition) is 7. The highest BCUT2D eigenvalue weighted by Gasteiger charge is 2.32. The maximum absolute atomic E-state index is 12.7. The lowest BCUT2D eigenvalue weighted by molar-refractivity contribution is -0.384. The molecule has 9 nitrogen and oxygen atoms in total. The van der Waals surface area contributed by atoms with E-state index in [0.29, 0.717) is 35.8 Å². The maximum Gasteiger partial charge on any atom is 0.305 e. The van der Waals surface area contributed by atoms with E-state index < -0.39 is 19.8 Å². The van der Waals surface area contributed by atoms with Crippen molar-refractivity contribution in [3.63, 3.8) is 0 Å². The lowest BCUT2D eigenvalue weighted by Gasteiger charge is -2.35. The van der Waals surface area contributed by atoms with Crippen molar-refractivity contribution in [1.82, 2.24) is 9.29 Å². The number of nitro benzene ring substituents is 1. The van der Waals surface area contributed by atoms with Gasteiger partial charge in [-0.1, -0.05) is 22.9 Å². The molecule has 1 aromatic heterocycles. The number of aryl methyl sites for hydroxylation is 1. The molecule has 0 amide bonds. The second-order valence-electron chi connectivity index (χ2n) is 5.71. The van der Waals surface area contributed by atoms with Crippen LogP contribution in [0.5, 0.6) is 0 Å². The average Bonchev–Trinajstić information content (AvgIpc) is 2.94. The molecule has 2 aromatic rings. The highest BCUT2D eigenvalue weighted by molar-refractivity contribution is 7.91. The van der Waals surface area contributed by atoms with Crippen LogP contribution in [0.15, 0.2) is 27.2 Å². The summed E-state index contributed by atoms with van der Waals surface area (Å²) in [4.78, 5) is 25.6. The number of nitrogens with zero attached hydrogens (tertiary/aromatic N) is 3. The van der Waals surface area contributed by atoms with Gasteiger partial charge in [-0.15, -0.1) is 0 Å². The number of rotatable bonds is 4. The van der Waals surface area contributed by atoms with Crippen LogP contribution in [-0.4, -0.2) is 48.8 Å². The van der Waals surface area contributed by atoms with Crippen molar-refractivity contribution in [2.45, 2.75) is 11.1 Å². The SMILES string of the molecule is Cc1[nH]c(=O)sc1S(=O)(=O)N1CCN(c2ccc([N+](=O)[O-])cc2Cl)CC1. The summed E-state index contributed by atoms with van der Waals surface area (Å²) in [6.07, 6.45) is 0. The van der Waals surface area contributed by atoms with Crippen LogP contribution in [0.25, 0.3) is 0 Å². The minimum Gasteiger partial charge on any atom is -0.368 e. The zero-order valence-electron chi connectivity index (χ0n) is 13.6. The van der Waals surface area contributed by atoms with Crippen molar-refractivity contribution in [2.75, 3.05) is 31.1 Å². The first kappa shape index (κ1) is 18.8. The number of H-pyrrole nitrogens is 1. The molecule has 26 heavy (non-hydrogen) atoms. The van der Waals surface area contributed by atoms with Crippen LogP contribution < -0.4 is 9.77 Å². The van der Waals surface area contributed by atoms with Crippen molar-refractivity contribution in [3.8, 4) is 0 Å². The van der Waals surface area contributed by atoms with Crippen molar-refractivity contribution >= 4 is 44.3 Å². The normalized spacial score (nSPS) is 16.0. The maximum atomic E-state index is 12.7. The Morgan fingerprint density at radius 2 is 1.92 bits per heavy atom. The molecule has 0 radical (unpaired) electrons. The summed E-state index contributed by atoms with van der Waals surface area (Å²) in [5.41, 5.74) is 0.857. The molecular formula is C14H15ClN4O5S2. The Labute approximate surface area is 158 Å². The fourth-order valence-corrected chi connectivity index (χ4v) is 5.94. The van der Waals surface area contributed by atoms with Gasteiger partial charge in [0.15, 0.2) is 4.21 Å². The Bertz CT molecular complexity index is 1010. The van der Waals surface area contributed by atoms with Gasteiger partial charge in [-0.05, 0) is 13.0 Å². The molecule has 12 heteroatoms. The van der Waals surface area contributed by atoms with Crippen molar-refractivity contribution in [1.29, 1.82) is 0 Å². The average molecular weight is 419 g/mol. The summed E-state index contributed by atoms with van der Waals surface area (Å²) in [5.74, 6) is 0. The Hall–Kier alpha value is -1.95. The second kappa shape index (κ2) is 6.99. The second-order valence-corrected chi connectivity index (χ2v) is 9.23. The topological polar surface area (TPSA) is 117 Å². The van der Waals surface area contributed by atoms with Gasteiger partial charge < -0.3 is 9.88 Å². The fraction of sp³-hybridized carbons (Fsp3) is 0.357. The molecule has 0 aliphatic carbocycles. The molecular weight excluding hydrogens is 404 g/mol. The summed E-state index contributed by atoms with van der Waals surface area (Å²) < 4.78 is 26.8. The molecule has 0 saturated carbocycles. The van der Waals surface area contributed by atoms with E-state index in [1.54, 1.807) is 13.0 Å². The predicted molar refractivity (Wildman–Crippen MR) is 98.8 cm³/mol. The lowest BCUT2D eigenvalue weighted by atomic mass is 10.2. The summed E-state index contributed by atoms with van der Waals surface area (Å²) in [6, 6.07) is 4.21. The number of sulfonamides is 1. The zero-order valence-corrected chi connectivity index (χ0v) is 16.0. The highest BCUT2D eigenvalue weighted by Crippen LogP contribution is 2.31. The number of benzene rings is 1. The summed E-state index contributed by atoms with van der Waals surface area (Å²) >= 11 is 6.82. The Morgan fingerprint density at radius 1 is 1.27 bits per heavy atom. The fourth-order valence-electron chi connectivity index (χ4n) is 2.79. The molecule has 2 heterocycles. The smallest absolute Gasteiger partial charge is 0.305 e. The van der Waals surface area contributed by atoms with Crippen LogP contribution >= 0.6 is 22.9 Å². The number of hydrogen-bond donors (Lipinski definition) is 1. The van der Waals surface area contributed by atoms with Gasteiger partial charge in [-0.25, -0.2) is 8.42 Å². The number of piperazine rings is 1. The Morgan fingerprint density at radius 3 is 2.42 bits per heavy atom. The first-order chi connectivity index (χ1) is 12.2. The van der Waals surface area contributed by atoms with Gasteiger partial charge >= 0.3 is 4.87 Å². The third-order valence-corrected chi connectivity index (χ3v) is 7.86. The Kier molecular flexibility index (Phi) is 5.06. The van der Waals surface area contributed by atoms with E-state index in [1.807, 2.05) is 4.90 Å². The van der Waals surface area contributed by atoms with Crippen LogP contribution in [0.4, 0.5) is 11.4 Å². The first-order valence-electron chi connectivity index (χ1n) is 7.59. The van der Waals surface area contributed by atoms with E-state index in [1.165, 1.54) is 16.4 Å². The number of nitrogens with one attached hydrogen (secondary N) is 1. The van der Waals surface area contributed by atoms with E-state index in [9.17, 15) is 23.3 Å². The molecule has 1 saturated heterocycles. The molecule has 1 aliphatic heterocycles. The van der Waals surface area contributed by atoms with Gasteiger partial charge in [-0.2, -0.15) is 4.31 Å². The molecule has 1 fully saturated rings. The van der Waals surface area contributed by atoms with Crippen molar-refractivity contribution < 1.29 is 13.3 Å². The molecule has 3 rings (SSSR count). The minimum atomic E-state index is -3.73. The lowest BCUT2D eigenvalue weighted by Crippen LogP contribution is -2.48. The monoisotopic (exact) mass is 418 g/mol. The van der Waals surface area contributed by atoms with Crippen LogP contribution in [0.3, 0.4) is 0 Å². The molecule has 1 aromatic carbocycles. The van der Waals surface area contributed by atoms with Crippen LogP contribution in [0.2, 0.25) is 5.02 Å². The van der Waals surface area contributed by atoms with Gasteiger partial charge in [0, 0.05) is 44.0 Å². The van der Waals surface area contributed by atoms with Crippen molar-refractivity contribution in [3.05, 3.63) is 48.7 Å². The van der Waals surface area contributed by atoms with Crippen LogP contribution in [-0.2, 0) is 10.0 Å². The number of anilines is 1. The summed E-state index contributed by atoms with van der Waals surface area (Å²) in [6.45, 7) is 2.77. The van der Waals surface area contributed by atoms with Gasteiger partial charge in [0.25, 0.3) is 15.7 Å². The van der Waals surface area contributed by atoms with E-state index >= 15 is 0 Å². The van der Waals surface area contributed by atoms with Crippen LogP contribution in [0, 0.1) is 17.0 Å². The van der Waals surface area contributed by atoms with Gasteiger partial charge in [0.2, 0.25) is 0 Å². The summed E-state index contributed by atoms with van der Waals surface area (Å²) in [7, 11) is -3.73. The van der Waals surface area contributed by atoms with E-state index in [-0.39, 0.29) is 28.0 Å². The number of thiazole rings is 1. The molecule has 0 atom stereocenters. The number of aromatic nitrogens is 1. The highest BCUT2D eigenvalue weighted by atomic mass is 35.5. The molecule has 0 bridgehead atoms. The van der Waals surface area contributed by atoms with Gasteiger partial charge in [-0.3, -0.25) is 14.9 Å². The largest absolute Gasteiger partial charge is 0.368 e.